The van der Waals surface area contributed by atoms with Gasteiger partial charge in [-0.1, -0.05) is 24.3 Å². The Bertz CT molecular complexity index is 1020. The highest BCUT2D eigenvalue weighted by molar-refractivity contribution is 7.89. The van der Waals surface area contributed by atoms with Gasteiger partial charge in [0.05, 0.1) is 4.90 Å². The second-order valence-electron chi connectivity index (χ2n) is 6.03. The van der Waals surface area contributed by atoms with Gasteiger partial charge in [0.1, 0.15) is 5.58 Å². The Morgan fingerprint density at radius 3 is 2.60 bits per heavy atom. The lowest BCUT2D eigenvalue weighted by molar-refractivity contribution is 0.0998. The number of nitrogens with one attached hydrogen (secondary N) is 2. The van der Waals surface area contributed by atoms with Crippen LogP contribution in [0, 0.1) is 0 Å². The SMILES string of the molecule is O=C(Nc1cccc(S(=O)(=O)NC2CC2)c1)c1cc2ccccc2o1. The molecule has 1 aliphatic carbocycles. The number of anilines is 1. The lowest BCUT2D eigenvalue weighted by atomic mass is 10.2. The smallest absolute Gasteiger partial charge is 0.291 e. The van der Waals surface area contributed by atoms with Crippen LogP contribution in [-0.2, 0) is 10.0 Å². The molecule has 4 rings (SSSR count). The van der Waals surface area contributed by atoms with Crippen molar-refractivity contribution in [3.63, 3.8) is 0 Å². The molecule has 1 amide bonds. The zero-order valence-corrected chi connectivity index (χ0v) is 14.0. The molecule has 2 N–H and O–H groups in total. The van der Waals surface area contributed by atoms with Crippen molar-refractivity contribution in [3.8, 4) is 0 Å². The Morgan fingerprint density at radius 2 is 1.84 bits per heavy atom. The maximum absolute atomic E-state index is 12.4. The first-order chi connectivity index (χ1) is 12.0. The van der Waals surface area contributed by atoms with Crippen LogP contribution in [0.1, 0.15) is 23.4 Å². The summed E-state index contributed by atoms with van der Waals surface area (Å²) >= 11 is 0. The molecule has 0 saturated heterocycles. The van der Waals surface area contributed by atoms with E-state index in [-0.39, 0.29) is 16.7 Å². The summed E-state index contributed by atoms with van der Waals surface area (Å²) in [6.45, 7) is 0. The molecule has 0 spiro atoms. The molecule has 0 atom stereocenters. The first kappa shape index (κ1) is 15.9. The van der Waals surface area contributed by atoms with E-state index in [1.54, 1.807) is 24.3 Å². The summed E-state index contributed by atoms with van der Waals surface area (Å²) in [4.78, 5) is 12.5. The maximum Gasteiger partial charge on any atom is 0.291 e. The van der Waals surface area contributed by atoms with Crippen LogP contribution in [0.2, 0.25) is 0 Å². The van der Waals surface area contributed by atoms with E-state index in [0.717, 1.165) is 18.2 Å². The van der Waals surface area contributed by atoms with Crippen LogP contribution in [0.15, 0.2) is 63.9 Å². The first-order valence-corrected chi connectivity index (χ1v) is 9.42. The minimum atomic E-state index is -3.57. The van der Waals surface area contributed by atoms with Crippen molar-refractivity contribution in [1.29, 1.82) is 0 Å². The molecule has 0 bridgehead atoms. The predicted molar refractivity (Wildman–Crippen MR) is 94.0 cm³/mol. The van der Waals surface area contributed by atoms with Gasteiger partial charge in [-0.2, -0.15) is 0 Å². The van der Waals surface area contributed by atoms with Gasteiger partial charge in [-0.15, -0.1) is 0 Å². The van der Waals surface area contributed by atoms with Gasteiger partial charge < -0.3 is 9.73 Å². The third-order valence-electron chi connectivity index (χ3n) is 3.95. The summed E-state index contributed by atoms with van der Waals surface area (Å²) in [6.07, 6.45) is 1.73. The number of hydrogen-bond acceptors (Lipinski definition) is 4. The number of fused-ring (bicyclic) bond motifs is 1. The number of carbonyl (C=O) groups is 1. The highest BCUT2D eigenvalue weighted by Gasteiger charge is 2.28. The molecule has 0 unspecified atom stereocenters. The van der Waals surface area contributed by atoms with Crippen LogP contribution >= 0.6 is 0 Å². The molecular formula is C18H16N2O4S. The van der Waals surface area contributed by atoms with Crippen molar-refractivity contribution >= 4 is 32.6 Å². The van der Waals surface area contributed by atoms with Gasteiger partial charge >= 0.3 is 0 Å². The summed E-state index contributed by atoms with van der Waals surface area (Å²) in [7, 11) is -3.57. The van der Waals surface area contributed by atoms with Gasteiger partial charge in [0.2, 0.25) is 10.0 Å². The molecular weight excluding hydrogens is 340 g/mol. The summed E-state index contributed by atoms with van der Waals surface area (Å²) in [5, 5.41) is 3.51. The van der Waals surface area contributed by atoms with Gasteiger partial charge in [-0.05, 0) is 43.2 Å². The fraction of sp³-hybridized carbons (Fsp3) is 0.167. The van der Waals surface area contributed by atoms with E-state index in [2.05, 4.69) is 10.0 Å². The molecule has 1 fully saturated rings. The minimum Gasteiger partial charge on any atom is -0.451 e. The van der Waals surface area contributed by atoms with E-state index < -0.39 is 15.9 Å². The van der Waals surface area contributed by atoms with Gasteiger partial charge in [0, 0.05) is 17.1 Å². The summed E-state index contributed by atoms with van der Waals surface area (Å²) in [6, 6.07) is 15.2. The molecule has 128 valence electrons. The van der Waals surface area contributed by atoms with Gasteiger partial charge in [-0.25, -0.2) is 13.1 Å². The Balaban J connectivity index is 1.55. The molecule has 0 aliphatic heterocycles. The van der Waals surface area contributed by atoms with Crippen molar-refractivity contribution in [2.75, 3.05) is 5.32 Å². The average Bonchev–Trinajstić information content (AvgIpc) is 3.28. The zero-order valence-electron chi connectivity index (χ0n) is 13.2. The minimum absolute atomic E-state index is 0.0267. The molecule has 1 aliphatic rings. The van der Waals surface area contributed by atoms with Crippen LogP contribution in [0.4, 0.5) is 5.69 Å². The number of hydrogen-bond donors (Lipinski definition) is 2. The van der Waals surface area contributed by atoms with Gasteiger partial charge in [0.15, 0.2) is 5.76 Å². The van der Waals surface area contributed by atoms with Crippen LogP contribution in [-0.4, -0.2) is 20.4 Å². The molecule has 1 aromatic heterocycles. The number of rotatable bonds is 5. The van der Waals surface area contributed by atoms with E-state index in [0.29, 0.717) is 11.3 Å². The second-order valence-corrected chi connectivity index (χ2v) is 7.74. The highest BCUT2D eigenvalue weighted by atomic mass is 32.2. The lowest BCUT2D eigenvalue weighted by Gasteiger charge is -2.08. The number of benzene rings is 2. The monoisotopic (exact) mass is 356 g/mol. The summed E-state index contributed by atoms with van der Waals surface area (Å²) < 4.78 is 32.7. The number of sulfonamides is 1. The Morgan fingerprint density at radius 1 is 1.04 bits per heavy atom. The maximum atomic E-state index is 12.4. The molecule has 0 radical (unpaired) electrons. The molecule has 2 aromatic carbocycles. The zero-order chi connectivity index (χ0) is 17.4. The third kappa shape index (κ3) is 3.42. The number of carbonyl (C=O) groups excluding carboxylic acids is 1. The summed E-state index contributed by atoms with van der Waals surface area (Å²) in [5.41, 5.74) is 1.02. The van der Waals surface area contributed by atoms with E-state index in [9.17, 15) is 13.2 Å². The van der Waals surface area contributed by atoms with E-state index >= 15 is 0 Å². The van der Waals surface area contributed by atoms with Gasteiger partial charge in [-0.3, -0.25) is 4.79 Å². The van der Waals surface area contributed by atoms with Crippen LogP contribution in [0.25, 0.3) is 11.0 Å². The van der Waals surface area contributed by atoms with Gasteiger partial charge in [0.25, 0.3) is 5.91 Å². The molecule has 7 heteroatoms. The van der Waals surface area contributed by atoms with Crippen LogP contribution in [0.3, 0.4) is 0 Å². The Labute approximate surface area is 144 Å². The van der Waals surface area contributed by atoms with Crippen LogP contribution in [0.5, 0.6) is 0 Å². The highest BCUT2D eigenvalue weighted by Crippen LogP contribution is 2.24. The fourth-order valence-corrected chi connectivity index (χ4v) is 3.87. The quantitative estimate of drug-likeness (QED) is 0.735. The van der Waals surface area contributed by atoms with Crippen molar-refractivity contribution in [3.05, 3.63) is 60.4 Å². The Hall–Kier alpha value is -2.64. The Kier molecular flexibility index (Phi) is 3.82. The van der Waals surface area contributed by atoms with Crippen molar-refractivity contribution < 1.29 is 17.6 Å². The van der Waals surface area contributed by atoms with E-state index in [1.807, 2.05) is 18.2 Å². The molecule has 3 aromatic rings. The normalized spacial score (nSPS) is 14.6. The molecule has 25 heavy (non-hydrogen) atoms. The van der Waals surface area contributed by atoms with Crippen molar-refractivity contribution in [1.82, 2.24) is 4.72 Å². The molecule has 6 nitrogen and oxygen atoms in total. The van der Waals surface area contributed by atoms with Crippen molar-refractivity contribution in [2.45, 2.75) is 23.8 Å². The number of furan rings is 1. The number of amides is 1. The lowest BCUT2D eigenvalue weighted by Crippen LogP contribution is -2.25. The van der Waals surface area contributed by atoms with E-state index in [4.69, 9.17) is 4.42 Å². The van der Waals surface area contributed by atoms with E-state index in [1.165, 1.54) is 12.1 Å². The fourth-order valence-electron chi connectivity index (χ4n) is 2.52. The largest absolute Gasteiger partial charge is 0.451 e. The second kappa shape index (κ2) is 6.02. The molecule has 1 saturated carbocycles. The summed E-state index contributed by atoms with van der Waals surface area (Å²) in [5.74, 6) is -0.258. The standard InChI is InChI=1S/C18H16N2O4S/c21-18(17-10-12-4-1-2-7-16(12)24-17)19-14-5-3-6-15(11-14)25(22,23)20-13-8-9-13/h1-7,10-11,13,20H,8-9H2,(H,19,21). The molecule has 1 heterocycles. The van der Waals surface area contributed by atoms with Crippen molar-refractivity contribution in [2.24, 2.45) is 0 Å². The topological polar surface area (TPSA) is 88.4 Å². The third-order valence-corrected chi connectivity index (χ3v) is 5.47. The van der Waals surface area contributed by atoms with Crippen LogP contribution < -0.4 is 10.0 Å². The predicted octanol–water partition coefficient (Wildman–Crippen LogP) is 3.13. The number of para-hydroxylation sites is 1. The average molecular weight is 356 g/mol. The first-order valence-electron chi connectivity index (χ1n) is 7.94.